The van der Waals surface area contributed by atoms with Gasteiger partial charge in [0, 0.05) is 31.1 Å². The molecule has 2 aromatic carbocycles. The molecular formula is C23H31BN2. The van der Waals surface area contributed by atoms with Crippen molar-refractivity contribution in [2.24, 2.45) is 5.41 Å². The van der Waals surface area contributed by atoms with Gasteiger partial charge in [-0.3, -0.25) is 0 Å². The summed E-state index contributed by atoms with van der Waals surface area (Å²) in [6.07, 6.45) is 5.40. The summed E-state index contributed by atoms with van der Waals surface area (Å²) in [6.45, 7) is 4.57. The van der Waals surface area contributed by atoms with Gasteiger partial charge >= 0.3 is 0 Å². The minimum absolute atomic E-state index is 0.422. The lowest BCUT2D eigenvalue weighted by atomic mass is 9.68. The van der Waals surface area contributed by atoms with Crippen molar-refractivity contribution in [2.45, 2.75) is 50.6 Å². The van der Waals surface area contributed by atoms with Crippen LogP contribution < -0.4 is 16.1 Å². The summed E-state index contributed by atoms with van der Waals surface area (Å²) in [5, 5.41) is 7.69. The first-order chi connectivity index (χ1) is 12.7. The first kappa shape index (κ1) is 17.8. The zero-order chi connectivity index (χ0) is 18.0. The molecule has 26 heavy (non-hydrogen) atoms. The molecule has 0 bridgehead atoms. The number of nitrogens with one attached hydrogen (secondary N) is 2. The average molecular weight is 346 g/mol. The second-order valence-electron chi connectivity index (χ2n) is 8.61. The standard InChI is InChI=1S/C23H31BN2/c1-17(18-8-10-20(24)11-9-18)25-15-23(12-5-13-23)16-26-22-14-21(22)19-6-3-2-4-7-19/h2-4,6-11,17,21-22,25-26H,5,12-16,24H2,1H3/t17?,21-,22+/m1/s1. The Kier molecular flexibility index (Phi) is 5.19. The van der Waals surface area contributed by atoms with Crippen LogP contribution in [-0.2, 0) is 0 Å². The molecule has 0 radical (unpaired) electrons. The second-order valence-corrected chi connectivity index (χ2v) is 8.61. The normalized spacial score (nSPS) is 24.7. The smallest absolute Gasteiger partial charge is 0.139 e. The third-order valence-electron chi connectivity index (χ3n) is 6.53. The summed E-state index contributed by atoms with van der Waals surface area (Å²) in [5.41, 5.74) is 4.68. The lowest BCUT2D eigenvalue weighted by Crippen LogP contribution is -2.48. The van der Waals surface area contributed by atoms with Crippen molar-refractivity contribution in [1.29, 1.82) is 0 Å². The minimum atomic E-state index is 0.422. The molecule has 2 fully saturated rings. The third-order valence-corrected chi connectivity index (χ3v) is 6.53. The van der Waals surface area contributed by atoms with Gasteiger partial charge in [-0.05, 0) is 42.7 Å². The van der Waals surface area contributed by atoms with E-state index in [0.29, 0.717) is 17.5 Å². The van der Waals surface area contributed by atoms with Crippen molar-refractivity contribution in [3.05, 3.63) is 65.7 Å². The molecule has 2 N–H and O–H groups in total. The topological polar surface area (TPSA) is 24.1 Å². The molecule has 136 valence electrons. The average Bonchev–Trinajstić information content (AvgIpc) is 3.41. The van der Waals surface area contributed by atoms with E-state index in [9.17, 15) is 0 Å². The van der Waals surface area contributed by atoms with Crippen LogP contribution in [0.15, 0.2) is 54.6 Å². The van der Waals surface area contributed by atoms with Crippen LogP contribution in [0.3, 0.4) is 0 Å². The number of hydrogen-bond acceptors (Lipinski definition) is 2. The van der Waals surface area contributed by atoms with Gasteiger partial charge in [-0.1, -0.05) is 66.5 Å². The van der Waals surface area contributed by atoms with Crippen LogP contribution in [0.25, 0.3) is 0 Å². The van der Waals surface area contributed by atoms with Gasteiger partial charge in [0.2, 0.25) is 0 Å². The number of rotatable bonds is 8. The molecule has 2 aliphatic rings. The minimum Gasteiger partial charge on any atom is -0.313 e. The first-order valence-corrected chi connectivity index (χ1v) is 10.2. The second kappa shape index (κ2) is 7.58. The highest BCUT2D eigenvalue weighted by atomic mass is 15.0. The Bertz CT molecular complexity index is 709. The fraction of sp³-hybridized carbons (Fsp3) is 0.478. The Balaban J connectivity index is 1.26. The van der Waals surface area contributed by atoms with Crippen LogP contribution in [-0.4, -0.2) is 27.0 Å². The van der Waals surface area contributed by atoms with E-state index in [-0.39, 0.29) is 0 Å². The van der Waals surface area contributed by atoms with Gasteiger partial charge in [-0.2, -0.15) is 0 Å². The van der Waals surface area contributed by atoms with Gasteiger partial charge in [-0.25, -0.2) is 0 Å². The van der Waals surface area contributed by atoms with E-state index < -0.39 is 0 Å². The predicted molar refractivity (Wildman–Crippen MR) is 113 cm³/mol. The highest BCUT2D eigenvalue weighted by molar-refractivity contribution is 6.32. The Morgan fingerprint density at radius 3 is 2.42 bits per heavy atom. The van der Waals surface area contributed by atoms with E-state index in [1.165, 1.54) is 42.3 Å². The molecule has 3 heteroatoms. The van der Waals surface area contributed by atoms with Crippen LogP contribution in [0.1, 0.15) is 55.7 Å². The first-order valence-electron chi connectivity index (χ1n) is 10.2. The molecule has 0 aliphatic heterocycles. The van der Waals surface area contributed by atoms with Gasteiger partial charge in [-0.15, -0.1) is 0 Å². The Labute approximate surface area is 159 Å². The van der Waals surface area contributed by atoms with Crippen LogP contribution in [0.2, 0.25) is 0 Å². The SMILES string of the molecule is Bc1ccc(C(C)NCC2(CN[C@H]3C[C@@H]3c3ccccc3)CCC2)cc1. The van der Waals surface area contributed by atoms with E-state index in [1.807, 2.05) is 0 Å². The van der Waals surface area contributed by atoms with Crippen LogP contribution >= 0.6 is 0 Å². The van der Waals surface area contributed by atoms with Crippen molar-refractivity contribution in [3.8, 4) is 0 Å². The largest absolute Gasteiger partial charge is 0.313 e. The molecule has 2 saturated carbocycles. The van der Waals surface area contributed by atoms with Crippen molar-refractivity contribution < 1.29 is 0 Å². The Morgan fingerprint density at radius 2 is 1.77 bits per heavy atom. The monoisotopic (exact) mass is 346 g/mol. The molecule has 2 aromatic rings. The molecule has 1 unspecified atom stereocenters. The highest BCUT2D eigenvalue weighted by Gasteiger charge is 2.42. The number of hydrogen-bond donors (Lipinski definition) is 2. The molecule has 2 nitrogen and oxygen atoms in total. The summed E-state index contributed by atoms with van der Waals surface area (Å²) in [5.74, 6) is 0.729. The fourth-order valence-corrected chi connectivity index (χ4v) is 4.27. The molecule has 0 saturated heterocycles. The maximum Gasteiger partial charge on any atom is 0.139 e. The van der Waals surface area contributed by atoms with E-state index in [2.05, 4.69) is 80.0 Å². The Morgan fingerprint density at radius 1 is 1.04 bits per heavy atom. The fourth-order valence-electron chi connectivity index (χ4n) is 4.27. The van der Waals surface area contributed by atoms with Gasteiger partial charge in [0.05, 0.1) is 0 Å². The lowest BCUT2D eigenvalue weighted by molar-refractivity contribution is 0.122. The molecule has 2 aliphatic carbocycles. The maximum absolute atomic E-state index is 3.88. The molecule has 3 atom stereocenters. The summed E-state index contributed by atoms with van der Waals surface area (Å²) in [4.78, 5) is 0. The quantitative estimate of drug-likeness (QED) is 0.719. The maximum atomic E-state index is 3.88. The summed E-state index contributed by atoms with van der Waals surface area (Å²) >= 11 is 0. The van der Waals surface area contributed by atoms with Gasteiger partial charge < -0.3 is 10.6 Å². The van der Waals surface area contributed by atoms with E-state index in [4.69, 9.17) is 0 Å². The molecule has 0 spiro atoms. The molecule has 4 rings (SSSR count). The Hall–Kier alpha value is -1.58. The zero-order valence-corrected chi connectivity index (χ0v) is 16.2. The molecule has 0 aromatic heterocycles. The van der Waals surface area contributed by atoms with Crippen molar-refractivity contribution in [1.82, 2.24) is 10.6 Å². The van der Waals surface area contributed by atoms with Crippen molar-refractivity contribution >= 4 is 13.3 Å². The van der Waals surface area contributed by atoms with E-state index >= 15 is 0 Å². The molecule has 0 heterocycles. The van der Waals surface area contributed by atoms with Crippen LogP contribution in [0, 0.1) is 5.41 Å². The summed E-state index contributed by atoms with van der Waals surface area (Å²) in [7, 11) is 2.15. The van der Waals surface area contributed by atoms with Gasteiger partial charge in [0.1, 0.15) is 7.85 Å². The predicted octanol–water partition coefficient (Wildman–Crippen LogP) is 2.91. The summed E-state index contributed by atoms with van der Waals surface area (Å²) < 4.78 is 0. The molecule has 0 amide bonds. The van der Waals surface area contributed by atoms with Gasteiger partial charge in [0.15, 0.2) is 0 Å². The number of benzene rings is 2. The van der Waals surface area contributed by atoms with Gasteiger partial charge in [0.25, 0.3) is 0 Å². The molecular weight excluding hydrogens is 315 g/mol. The van der Waals surface area contributed by atoms with Crippen molar-refractivity contribution in [3.63, 3.8) is 0 Å². The van der Waals surface area contributed by atoms with Crippen LogP contribution in [0.4, 0.5) is 0 Å². The van der Waals surface area contributed by atoms with E-state index in [1.54, 1.807) is 0 Å². The zero-order valence-electron chi connectivity index (χ0n) is 16.2. The lowest BCUT2D eigenvalue weighted by Gasteiger charge is -2.43. The highest BCUT2D eigenvalue weighted by Crippen LogP contribution is 2.44. The van der Waals surface area contributed by atoms with Crippen molar-refractivity contribution in [2.75, 3.05) is 13.1 Å². The van der Waals surface area contributed by atoms with Crippen LogP contribution in [0.5, 0.6) is 0 Å². The third kappa shape index (κ3) is 4.05. The van der Waals surface area contributed by atoms with E-state index in [0.717, 1.165) is 19.0 Å². The summed E-state index contributed by atoms with van der Waals surface area (Å²) in [6, 6.07) is 21.0.